The summed E-state index contributed by atoms with van der Waals surface area (Å²) < 4.78 is 16.4. The fourth-order valence-electron chi connectivity index (χ4n) is 3.70. The predicted molar refractivity (Wildman–Crippen MR) is 122 cm³/mol. The molecular weight excluding hydrogens is 443 g/mol. The maximum atomic E-state index is 13.2. The van der Waals surface area contributed by atoms with Gasteiger partial charge in [0, 0.05) is 39.7 Å². The van der Waals surface area contributed by atoms with Crippen LogP contribution in [0.1, 0.15) is 32.7 Å². The molecule has 0 atom stereocenters. The normalized spacial score (nSPS) is 11.1. The number of carbonyl (C=O) groups excluding carboxylic acids is 1. The van der Waals surface area contributed by atoms with E-state index in [1.807, 2.05) is 42.5 Å². The number of nitrogens with one attached hydrogen (secondary N) is 1. The van der Waals surface area contributed by atoms with E-state index in [-0.39, 0.29) is 11.7 Å². The molecular formula is C25H22BrFN2O. The standard InChI is InChI=1S/C25H22BrFN2O/c1-16-17(2)29(15-18-6-9-22(27)10-7-18)24-11-8-20(13-23(16)24)25(30)28-14-19-4-3-5-21(26)12-19/h3-13H,14-15H2,1-2H3,(H,28,30). The SMILES string of the molecule is Cc1c(C)n(Cc2ccc(F)cc2)c2ccc(C(=O)NCc3cccc(Br)c3)cc12. The van der Waals surface area contributed by atoms with E-state index < -0.39 is 0 Å². The molecule has 1 amide bonds. The number of aromatic nitrogens is 1. The monoisotopic (exact) mass is 464 g/mol. The summed E-state index contributed by atoms with van der Waals surface area (Å²) >= 11 is 3.45. The molecule has 0 radical (unpaired) electrons. The Morgan fingerprint density at radius 2 is 1.77 bits per heavy atom. The molecule has 0 unspecified atom stereocenters. The van der Waals surface area contributed by atoms with Crippen molar-refractivity contribution < 1.29 is 9.18 Å². The molecule has 4 aromatic rings. The zero-order chi connectivity index (χ0) is 21.3. The van der Waals surface area contributed by atoms with Crippen LogP contribution in [0.3, 0.4) is 0 Å². The van der Waals surface area contributed by atoms with E-state index in [4.69, 9.17) is 0 Å². The summed E-state index contributed by atoms with van der Waals surface area (Å²) in [5, 5.41) is 4.05. The van der Waals surface area contributed by atoms with E-state index in [1.165, 1.54) is 12.1 Å². The average molecular weight is 465 g/mol. The van der Waals surface area contributed by atoms with Gasteiger partial charge in [-0.2, -0.15) is 0 Å². The molecule has 0 saturated heterocycles. The van der Waals surface area contributed by atoms with Crippen molar-refractivity contribution in [2.24, 2.45) is 0 Å². The van der Waals surface area contributed by atoms with E-state index in [0.29, 0.717) is 18.7 Å². The first-order valence-electron chi connectivity index (χ1n) is 9.79. The van der Waals surface area contributed by atoms with Gasteiger partial charge in [-0.05, 0) is 73.0 Å². The lowest BCUT2D eigenvalue weighted by atomic mass is 10.1. The van der Waals surface area contributed by atoms with Crippen molar-refractivity contribution in [3.05, 3.63) is 105 Å². The number of fused-ring (bicyclic) bond motifs is 1. The molecule has 0 spiro atoms. The number of rotatable bonds is 5. The van der Waals surface area contributed by atoms with Gasteiger partial charge in [0.2, 0.25) is 0 Å². The third-order valence-corrected chi connectivity index (χ3v) is 5.99. The summed E-state index contributed by atoms with van der Waals surface area (Å²) in [5.74, 6) is -0.331. The minimum atomic E-state index is -0.234. The van der Waals surface area contributed by atoms with Gasteiger partial charge in [-0.3, -0.25) is 4.79 Å². The zero-order valence-corrected chi connectivity index (χ0v) is 18.5. The number of benzene rings is 3. The minimum Gasteiger partial charge on any atom is -0.348 e. The van der Waals surface area contributed by atoms with Crippen molar-refractivity contribution in [3.63, 3.8) is 0 Å². The highest BCUT2D eigenvalue weighted by atomic mass is 79.9. The first-order chi connectivity index (χ1) is 14.4. The summed E-state index contributed by atoms with van der Waals surface area (Å²) in [6.45, 7) is 5.28. The molecule has 0 saturated carbocycles. The van der Waals surface area contributed by atoms with Crippen molar-refractivity contribution >= 4 is 32.7 Å². The van der Waals surface area contributed by atoms with Gasteiger partial charge in [0.15, 0.2) is 0 Å². The van der Waals surface area contributed by atoms with Crippen molar-refractivity contribution in [1.82, 2.24) is 9.88 Å². The molecule has 5 heteroatoms. The Labute approximate surface area is 183 Å². The fourth-order valence-corrected chi connectivity index (χ4v) is 4.15. The van der Waals surface area contributed by atoms with Gasteiger partial charge in [0.25, 0.3) is 5.91 Å². The molecule has 1 heterocycles. The van der Waals surface area contributed by atoms with Crippen molar-refractivity contribution in [1.29, 1.82) is 0 Å². The van der Waals surface area contributed by atoms with E-state index in [1.54, 1.807) is 12.1 Å². The smallest absolute Gasteiger partial charge is 0.251 e. The quantitative estimate of drug-likeness (QED) is 0.378. The van der Waals surface area contributed by atoms with Crippen molar-refractivity contribution in [3.8, 4) is 0 Å². The Kier molecular flexibility index (Phi) is 5.73. The van der Waals surface area contributed by atoms with Crippen LogP contribution < -0.4 is 5.32 Å². The van der Waals surface area contributed by atoms with Crippen LogP contribution in [0.25, 0.3) is 10.9 Å². The molecule has 1 aromatic heterocycles. The second kappa shape index (κ2) is 8.44. The lowest BCUT2D eigenvalue weighted by Gasteiger charge is -2.10. The second-order valence-corrected chi connectivity index (χ2v) is 8.38. The second-order valence-electron chi connectivity index (χ2n) is 7.47. The first kappa shape index (κ1) is 20.4. The Balaban J connectivity index is 1.58. The highest BCUT2D eigenvalue weighted by Gasteiger charge is 2.14. The Hall–Kier alpha value is -2.92. The van der Waals surface area contributed by atoms with Crippen LogP contribution in [0, 0.1) is 19.7 Å². The lowest BCUT2D eigenvalue weighted by molar-refractivity contribution is 0.0951. The third-order valence-electron chi connectivity index (χ3n) is 5.50. The summed E-state index contributed by atoms with van der Waals surface area (Å²) in [4.78, 5) is 12.7. The number of carbonyl (C=O) groups is 1. The number of aryl methyl sites for hydroxylation is 1. The van der Waals surface area contributed by atoms with Crippen molar-refractivity contribution in [2.75, 3.05) is 0 Å². The van der Waals surface area contributed by atoms with Crippen LogP contribution in [0.4, 0.5) is 4.39 Å². The molecule has 0 aliphatic rings. The molecule has 0 aliphatic carbocycles. The van der Waals surface area contributed by atoms with E-state index >= 15 is 0 Å². The molecule has 1 N–H and O–H groups in total. The third kappa shape index (κ3) is 4.17. The molecule has 0 fully saturated rings. The van der Waals surface area contributed by atoms with Gasteiger partial charge < -0.3 is 9.88 Å². The van der Waals surface area contributed by atoms with E-state index in [0.717, 1.165) is 37.8 Å². The zero-order valence-electron chi connectivity index (χ0n) is 16.9. The maximum Gasteiger partial charge on any atom is 0.251 e. The minimum absolute atomic E-state index is 0.0970. The largest absolute Gasteiger partial charge is 0.348 e. The highest BCUT2D eigenvalue weighted by Crippen LogP contribution is 2.27. The van der Waals surface area contributed by atoms with Crippen LogP contribution in [-0.4, -0.2) is 10.5 Å². The van der Waals surface area contributed by atoms with Crippen LogP contribution in [0.15, 0.2) is 71.2 Å². The molecule has 30 heavy (non-hydrogen) atoms. The molecule has 3 nitrogen and oxygen atoms in total. The molecule has 0 aliphatic heterocycles. The van der Waals surface area contributed by atoms with Gasteiger partial charge in [-0.15, -0.1) is 0 Å². The summed E-state index contributed by atoms with van der Waals surface area (Å²) in [6.07, 6.45) is 0. The predicted octanol–water partition coefficient (Wildman–Crippen LogP) is 6.14. The number of hydrogen-bond acceptors (Lipinski definition) is 1. The Bertz CT molecular complexity index is 1230. The van der Waals surface area contributed by atoms with E-state index in [2.05, 4.69) is 39.7 Å². The molecule has 3 aromatic carbocycles. The summed E-state index contributed by atoms with van der Waals surface area (Å²) in [5.41, 5.74) is 6.07. The van der Waals surface area contributed by atoms with Gasteiger partial charge >= 0.3 is 0 Å². The van der Waals surface area contributed by atoms with Crippen LogP contribution in [0.5, 0.6) is 0 Å². The van der Waals surface area contributed by atoms with Gasteiger partial charge in [-0.25, -0.2) is 4.39 Å². The molecule has 0 bridgehead atoms. The topological polar surface area (TPSA) is 34.0 Å². The van der Waals surface area contributed by atoms with Gasteiger partial charge in [0.05, 0.1) is 0 Å². The Morgan fingerprint density at radius 3 is 2.50 bits per heavy atom. The molecule has 4 rings (SSSR count). The van der Waals surface area contributed by atoms with Crippen molar-refractivity contribution in [2.45, 2.75) is 26.9 Å². The van der Waals surface area contributed by atoms with Crippen LogP contribution >= 0.6 is 15.9 Å². The number of amides is 1. The maximum absolute atomic E-state index is 13.2. The first-order valence-corrected chi connectivity index (χ1v) is 10.6. The van der Waals surface area contributed by atoms with Crippen LogP contribution in [0.2, 0.25) is 0 Å². The summed E-state index contributed by atoms with van der Waals surface area (Å²) in [7, 11) is 0. The Morgan fingerprint density at radius 1 is 1.00 bits per heavy atom. The highest BCUT2D eigenvalue weighted by molar-refractivity contribution is 9.10. The van der Waals surface area contributed by atoms with Gasteiger partial charge in [0.1, 0.15) is 5.82 Å². The average Bonchev–Trinajstić information content (AvgIpc) is 2.98. The number of halogens is 2. The van der Waals surface area contributed by atoms with Crippen LogP contribution in [-0.2, 0) is 13.1 Å². The summed E-state index contributed by atoms with van der Waals surface area (Å²) in [6, 6.07) is 20.3. The van der Waals surface area contributed by atoms with E-state index in [9.17, 15) is 9.18 Å². The fraction of sp³-hybridized carbons (Fsp3) is 0.160. The van der Waals surface area contributed by atoms with Gasteiger partial charge in [-0.1, -0.05) is 40.2 Å². The number of hydrogen-bond donors (Lipinski definition) is 1. The lowest BCUT2D eigenvalue weighted by Crippen LogP contribution is -2.22. The molecule has 152 valence electrons. The number of nitrogens with zero attached hydrogens (tertiary/aromatic N) is 1.